The van der Waals surface area contributed by atoms with Gasteiger partial charge in [0.05, 0.1) is 12.0 Å². The van der Waals surface area contributed by atoms with E-state index in [1.54, 1.807) is 18.4 Å². The molecule has 0 saturated carbocycles. The summed E-state index contributed by atoms with van der Waals surface area (Å²) in [7, 11) is 5.62. The highest BCUT2D eigenvalue weighted by Gasteiger charge is 2.11. The molecule has 0 radical (unpaired) electrons. The van der Waals surface area contributed by atoms with Gasteiger partial charge in [0.25, 0.3) is 0 Å². The summed E-state index contributed by atoms with van der Waals surface area (Å²) < 4.78 is 5.21. The van der Waals surface area contributed by atoms with Crippen LogP contribution in [0.4, 0.5) is 5.13 Å². The van der Waals surface area contributed by atoms with Crippen LogP contribution in [-0.4, -0.2) is 32.7 Å². The average Bonchev–Trinajstić information content (AvgIpc) is 2.57. The quantitative estimate of drug-likeness (QED) is 0.804. The molecule has 0 fully saturated rings. The van der Waals surface area contributed by atoms with Crippen molar-refractivity contribution in [2.75, 3.05) is 32.6 Å². The largest absolute Gasteiger partial charge is 0.480 e. The Morgan fingerprint density at radius 3 is 2.71 bits per heavy atom. The topological polar surface area (TPSA) is 37.4 Å². The maximum atomic E-state index is 5.21. The van der Waals surface area contributed by atoms with E-state index in [0.717, 1.165) is 29.0 Å². The molecule has 5 heteroatoms. The lowest BCUT2D eigenvalue weighted by atomic mass is 10.5. The summed E-state index contributed by atoms with van der Waals surface area (Å²) in [6.45, 7) is 3.86. The Labute approximate surface area is 88.9 Å². The van der Waals surface area contributed by atoms with Crippen LogP contribution in [0, 0.1) is 0 Å². The molecule has 0 spiro atoms. The number of nitrogens with one attached hydrogen (secondary N) is 1. The Kier molecular flexibility index (Phi) is 4.16. The van der Waals surface area contributed by atoms with E-state index >= 15 is 0 Å². The predicted octanol–water partition coefficient (Wildman–Crippen LogP) is 1.33. The third-order valence-electron chi connectivity index (χ3n) is 1.76. The lowest BCUT2D eigenvalue weighted by Crippen LogP contribution is -2.11. The molecule has 1 N–H and O–H groups in total. The zero-order chi connectivity index (χ0) is 10.6. The first-order chi connectivity index (χ1) is 6.69. The van der Waals surface area contributed by atoms with E-state index in [1.165, 1.54) is 0 Å². The molecule has 0 aliphatic rings. The van der Waals surface area contributed by atoms with E-state index in [9.17, 15) is 0 Å². The molecule has 0 aliphatic carbocycles. The number of hydrogen-bond donors (Lipinski definition) is 1. The normalized spacial score (nSPS) is 10.3. The summed E-state index contributed by atoms with van der Waals surface area (Å²) in [4.78, 5) is 7.50. The first-order valence-electron chi connectivity index (χ1n) is 4.60. The van der Waals surface area contributed by atoms with Crippen molar-refractivity contribution in [3.63, 3.8) is 0 Å². The van der Waals surface area contributed by atoms with E-state index in [-0.39, 0.29) is 0 Å². The predicted molar refractivity (Wildman–Crippen MR) is 60.4 cm³/mol. The second-order valence-corrected chi connectivity index (χ2v) is 4.17. The van der Waals surface area contributed by atoms with Gasteiger partial charge in [0.2, 0.25) is 5.88 Å². The minimum atomic E-state index is 0.736. The van der Waals surface area contributed by atoms with Crippen LogP contribution in [0.2, 0.25) is 0 Å². The van der Waals surface area contributed by atoms with Crippen molar-refractivity contribution >= 4 is 16.5 Å². The van der Waals surface area contributed by atoms with Gasteiger partial charge in [0, 0.05) is 20.6 Å². The third-order valence-corrected chi connectivity index (χ3v) is 2.97. The lowest BCUT2D eigenvalue weighted by Gasteiger charge is -2.04. The number of aromatic nitrogens is 1. The molecule has 14 heavy (non-hydrogen) atoms. The number of hydrogen-bond acceptors (Lipinski definition) is 5. The van der Waals surface area contributed by atoms with Gasteiger partial charge in [0.15, 0.2) is 5.13 Å². The van der Waals surface area contributed by atoms with E-state index in [0.29, 0.717) is 0 Å². The highest BCUT2D eigenvalue weighted by Crippen LogP contribution is 2.29. The van der Waals surface area contributed by atoms with E-state index < -0.39 is 0 Å². The molecular formula is C9H17N3OS. The molecule has 80 valence electrons. The molecule has 1 aromatic rings. The lowest BCUT2D eigenvalue weighted by molar-refractivity contribution is 0.395. The fourth-order valence-corrected chi connectivity index (χ4v) is 1.95. The van der Waals surface area contributed by atoms with Crippen LogP contribution in [0.1, 0.15) is 11.8 Å². The number of thiazole rings is 1. The maximum absolute atomic E-state index is 5.21. The van der Waals surface area contributed by atoms with Crippen molar-refractivity contribution < 1.29 is 4.74 Å². The first-order valence-corrected chi connectivity index (χ1v) is 5.42. The molecular weight excluding hydrogens is 198 g/mol. The van der Waals surface area contributed by atoms with Crippen LogP contribution in [0.3, 0.4) is 0 Å². The molecule has 0 saturated heterocycles. The first kappa shape index (κ1) is 11.3. The van der Waals surface area contributed by atoms with Gasteiger partial charge < -0.3 is 15.0 Å². The highest BCUT2D eigenvalue weighted by molar-refractivity contribution is 7.15. The summed E-state index contributed by atoms with van der Waals surface area (Å²) in [6.07, 6.45) is 0. The monoisotopic (exact) mass is 215 g/mol. The number of nitrogens with zero attached hydrogens (tertiary/aromatic N) is 2. The molecule has 1 heterocycles. The second kappa shape index (κ2) is 5.17. The SMILES string of the molecule is CCNCc1sc(N(C)C)nc1OC. The molecule has 0 aromatic carbocycles. The van der Waals surface area contributed by atoms with Crippen LogP contribution < -0.4 is 15.0 Å². The van der Waals surface area contributed by atoms with Gasteiger partial charge >= 0.3 is 0 Å². The Hall–Kier alpha value is -0.810. The Morgan fingerprint density at radius 1 is 1.50 bits per heavy atom. The molecule has 0 amide bonds. The van der Waals surface area contributed by atoms with Crippen LogP contribution in [0.5, 0.6) is 5.88 Å². The summed E-state index contributed by atoms with van der Waals surface area (Å²) in [5.41, 5.74) is 0. The average molecular weight is 215 g/mol. The fourth-order valence-electron chi connectivity index (χ4n) is 1.03. The Bertz CT molecular complexity index is 286. The van der Waals surface area contributed by atoms with Crippen LogP contribution in [0.15, 0.2) is 0 Å². The molecule has 4 nitrogen and oxygen atoms in total. The van der Waals surface area contributed by atoms with Crippen LogP contribution >= 0.6 is 11.3 Å². The maximum Gasteiger partial charge on any atom is 0.230 e. The van der Waals surface area contributed by atoms with Gasteiger partial charge in [-0.25, -0.2) is 0 Å². The zero-order valence-corrected chi connectivity index (χ0v) is 9.94. The summed E-state index contributed by atoms with van der Waals surface area (Å²) in [6, 6.07) is 0. The zero-order valence-electron chi connectivity index (χ0n) is 9.13. The van der Waals surface area contributed by atoms with Crippen LogP contribution in [0.25, 0.3) is 0 Å². The van der Waals surface area contributed by atoms with Crippen LogP contribution in [-0.2, 0) is 6.54 Å². The Morgan fingerprint density at radius 2 is 2.21 bits per heavy atom. The number of methoxy groups -OCH3 is 1. The minimum Gasteiger partial charge on any atom is -0.480 e. The Balaban J connectivity index is 2.79. The van der Waals surface area contributed by atoms with Gasteiger partial charge in [-0.3, -0.25) is 0 Å². The van der Waals surface area contributed by atoms with Gasteiger partial charge in [-0.05, 0) is 6.54 Å². The van der Waals surface area contributed by atoms with Crippen molar-refractivity contribution in [3.8, 4) is 5.88 Å². The summed E-state index contributed by atoms with van der Waals surface area (Å²) in [5, 5.41) is 4.24. The third kappa shape index (κ3) is 2.59. The molecule has 0 unspecified atom stereocenters. The molecule has 1 aromatic heterocycles. The standard InChI is InChI=1S/C9H17N3OS/c1-5-10-6-7-8(13-4)11-9(14-7)12(2)3/h10H,5-6H2,1-4H3. The number of rotatable bonds is 5. The summed E-state index contributed by atoms with van der Waals surface area (Å²) >= 11 is 1.66. The smallest absolute Gasteiger partial charge is 0.230 e. The van der Waals surface area contributed by atoms with Gasteiger partial charge in [-0.15, -0.1) is 0 Å². The van der Waals surface area contributed by atoms with Crippen molar-refractivity contribution in [1.82, 2.24) is 10.3 Å². The van der Waals surface area contributed by atoms with Gasteiger partial charge in [0.1, 0.15) is 0 Å². The number of anilines is 1. The molecule has 0 atom stereocenters. The van der Waals surface area contributed by atoms with Crippen molar-refractivity contribution in [2.45, 2.75) is 13.5 Å². The second-order valence-electron chi connectivity index (χ2n) is 3.10. The van der Waals surface area contributed by atoms with Gasteiger partial charge in [-0.1, -0.05) is 18.3 Å². The molecule has 1 rings (SSSR count). The van der Waals surface area contributed by atoms with E-state index in [4.69, 9.17) is 4.74 Å². The fraction of sp³-hybridized carbons (Fsp3) is 0.667. The van der Waals surface area contributed by atoms with Gasteiger partial charge in [-0.2, -0.15) is 4.98 Å². The van der Waals surface area contributed by atoms with Crippen molar-refractivity contribution in [1.29, 1.82) is 0 Å². The molecule has 0 aliphatic heterocycles. The van der Waals surface area contributed by atoms with E-state index in [1.807, 2.05) is 19.0 Å². The van der Waals surface area contributed by atoms with Crippen molar-refractivity contribution in [3.05, 3.63) is 4.88 Å². The summed E-state index contributed by atoms with van der Waals surface area (Å²) in [5.74, 6) is 0.736. The highest BCUT2D eigenvalue weighted by atomic mass is 32.1. The minimum absolute atomic E-state index is 0.736. The number of ether oxygens (including phenoxy) is 1. The van der Waals surface area contributed by atoms with Crippen molar-refractivity contribution in [2.24, 2.45) is 0 Å². The van der Waals surface area contributed by atoms with E-state index in [2.05, 4.69) is 17.2 Å². The molecule has 0 bridgehead atoms.